The zero-order chi connectivity index (χ0) is 10.4. The number of nitrogens with zero attached hydrogens (tertiary/aromatic N) is 1. The fourth-order valence-corrected chi connectivity index (χ4v) is 1.06. The van der Waals surface area contributed by atoms with Gasteiger partial charge in [0, 0.05) is 12.1 Å². The van der Waals surface area contributed by atoms with Gasteiger partial charge in [-0.05, 0) is 11.6 Å². The summed E-state index contributed by atoms with van der Waals surface area (Å²) in [6.45, 7) is 0. The summed E-state index contributed by atoms with van der Waals surface area (Å²) in [5, 5.41) is 8.51. The van der Waals surface area contributed by atoms with E-state index in [4.69, 9.17) is 16.7 Å². The number of carboxylic acids is 1. The highest BCUT2D eigenvalue weighted by Crippen LogP contribution is 2.03. The number of hydrogen-bond donors (Lipinski definition) is 1. The Hall–Kier alpha value is -1.35. The van der Waals surface area contributed by atoms with E-state index in [1.807, 2.05) is 12.1 Å². The van der Waals surface area contributed by atoms with E-state index < -0.39 is 5.97 Å². The molecule has 1 heterocycles. The summed E-state index contributed by atoms with van der Waals surface area (Å²) in [7, 11) is 0. The molecule has 0 fully saturated rings. The Morgan fingerprint density at radius 2 is 2.36 bits per heavy atom. The number of pyridine rings is 1. The lowest BCUT2D eigenvalue weighted by Gasteiger charge is -1.96. The molecule has 1 aromatic heterocycles. The summed E-state index contributed by atoms with van der Waals surface area (Å²) in [5.74, 6) is -0.418. The zero-order valence-corrected chi connectivity index (χ0v) is 8.24. The van der Waals surface area contributed by atoms with Crippen LogP contribution >= 0.6 is 11.6 Å². The minimum absolute atomic E-state index is 0.0422. The summed E-state index contributed by atoms with van der Waals surface area (Å²) in [6, 6.07) is 3.51. The first-order chi connectivity index (χ1) is 6.72. The van der Waals surface area contributed by atoms with Gasteiger partial charge in [0.2, 0.25) is 0 Å². The summed E-state index contributed by atoms with van der Waals surface area (Å²) < 4.78 is 0. The van der Waals surface area contributed by atoms with Gasteiger partial charge in [-0.25, -0.2) is 0 Å². The number of halogens is 1. The SMILES string of the molecule is O=C(O)Cc1ccc(C=CCCl)cn1. The van der Waals surface area contributed by atoms with Crippen LogP contribution in [0.5, 0.6) is 0 Å². The van der Waals surface area contributed by atoms with Crippen molar-refractivity contribution in [2.24, 2.45) is 0 Å². The lowest BCUT2D eigenvalue weighted by molar-refractivity contribution is -0.136. The van der Waals surface area contributed by atoms with Gasteiger partial charge in [-0.1, -0.05) is 18.2 Å². The molecule has 0 radical (unpaired) electrons. The lowest BCUT2D eigenvalue weighted by atomic mass is 10.2. The highest BCUT2D eigenvalue weighted by molar-refractivity contribution is 6.19. The van der Waals surface area contributed by atoms with E-state index in [9.17, 15) is 4.79 Å². The van der Waals surface area contributed by atoms with Crippen LogP contribution in [0.1, 0.15) is 11.3 Å². The number of rotatable bonds is 4. The largest absolute Gasteiger partial charge is 0.481 e. The van der Waals surface area contributed by atoms with E-state index in [1.54, 1.807) is 18.3 Å². The van der Waals surface area contributed by atoms with E-state index in [-0.39, 0.29) is 6.42 Å². The Morgan fingerprint density at radius 1 is 1.57 bits per heavy atom. The van der Waals surface area contributed by atoms with Crippen LogP contribution in [-0.2, 0) is 11.2 Å². The van der Waals surface area contributed by atoms with Crippen LogP contribution in [0.3, 0.4) is 0 Å². The summed E-state index contributed by atoms with van der Waals surface area (Å²) in [6.07, 6.45) is 5.22. The van der Waals surface area contributed by atoms with E-state index in [1.165, 1.54) is 0 Å². The molecule has 0 aliphatic heterocycles. The quantitative estimate of drug-likeness (QED) is 0.775. The van der Waals surface area contributed by atoms with E-state index in [0.717, 1.165) is 5.56 Å². The summed E-state index contributed by atoms with van der Waals surface area (Å²) >= 11 is 5.47. The molecule has 0 bridgehead atoms. The molecule has 3 nitrogen and oxygen atoms in total. The predicted octanol–water partition coefficient (Wildman–Crippen LogP) is 1.96. The molecule has 1 N–H and O–H groups in total. The standard InChI is InChI=1S/C10H10ClNO2/c11-5-1-2-8-3-4-9(12-7-8)6-10(13)14/h1-4,7H,5-6H2,(H,13,14). The molecule has 0 amide bonds. The van der Waals surface area contributed by atoms with Crippen molar-refractivity contribution in [3.8, 4) is 0 Å². The van der Waals surface area contributed by atoms with Crippen molar-refractivity contribution in [1.82, 2.24) is 4.98 Å². The predicted molar refractivity (Wildman–Crippen MR) is 55.3 cm³/mol. The minimum atomic E-state index is -0.874. The number of aliphatic carboxylic acids is 1. The van der Waals surface area contributed by atoms with Gasteiger partial charge in [-0.15, -0.1) is 11.6 Å². The number of alkyl halides is 1. The van der Waals surface area contributed by atoms with Crippen LogP contribution in [0, 0.1) is 0 Å². The molecule has 0 aliphatic carbocycles. The number of carboxylic acid groups (broad SMARTS) is 1. The molecule has 0 atom stereocenters. The lowest BCUT2D eigenvalue weighted by Crippen LogP contribution is -2.01. The highest BCUT2D eigenvalue weighted by atomic mass is 35.5. The van der Waals surface area contributed by atoms with Crippen molar-refractivity contribution in [2.45, 2.75) is 6.42 Å². The Labute approximate surface area is 87.0 Å². The smallest absolute Gasteiger partial charge is 0.309 e. The molecule has 4 heteroatoms. The molecule has 0 saturated carbocycles. The average Bonchev–Trinajstić information content (AvgIpc) is 2.16. The Morgan fingerprint density at radius 3 is 2.86 bits per heavy atom. The zero-order valence-electron chi connectivity index (χ0n) is 7.48. The third kappa shape index (κ3) is 3.58. The molecule has 0 saturated heterocycles. The van der Waals surface area contributed by atoms with Crippen LogP contribution in [0.2, 0.25) is 0 Å². The number of aromatic nitrogens is 1. The number of hydrogen-bond acceptors (Lipinski definition) is 2. The second-order valence-corrected chi connectivity index (χ2v) is 3.02. The van der Waals surface area contributed by atoms with Gasteiger partial charge >= 0.3 is 5.97 Å². The Bertz CT molecular complexity index is 332. The van der Waals surface area contributed by atoms with E-state index in [0.29, 0.717) is 11.6 Å². The normalized spacial score (nSPS) is 10.6. The van der Waals surface area contributed by atoms with Crippen molar-refractivity contribution < 1.29 is 9.90 Å². The number of carbonyl (C=O) groups is 1. The van der Waals surface area contributed by atoms with Gasteiger partial charge in [-0.2, -0.15) is 0 Å². The second kappa shape index (κ2) is 5.40. The third-order valence-corrected chi connectivity index (χ3v) is 1.76. The third-order valence-electron chi connectivity index (χ3n) is 1.58. The second-order valence-electron chi connectivity index (χ2n) is 2.71. The van der Waals surface area contributed by atoms with Crippen LogP contribution in [-0.4, -0.2) is 21.9 Å². The maximum Gasteiger partial charge on any atom is 0.309 e. The molecule has 74 valence electrons. The van der Waals surface area contributed by atoms with Crippen LogP contribution in [0.15, 0.2) is 24.4 Å². The molecular weight excluding hydrogens is 202 g/mol. The first-order valence-corrected chi connectivity index (χ1v) is 4.65. The molecule has 1 aromatic rings. The van der Waals surface area contributed by atoms with Gasteiger partial charge in [0.1, 0.15) is 0 Å². The Kier molecular flexibility index (Phi) is 4.13. The molecular formula is C10H10ClNO2. The monoisotopic (exact) mass is 211 g/mol. The first-order valence-electron chi connectivity index (χ1n) is 4.11. The van der Waals surface area contributed by atoms with Crippen molar-refractivity contribution in [2.75, 3.05) is 5.88 Å². The van der Waals surface area contributed by atoms with Gasteiger partial charge in [0.25, 0.3) is 0 Å². The summed E-state index contributed by atoms with van der Waals surface area (Å²) in [5.41, 5.74) is 1.47. The number of allylic oxidation sites excluding steroid dienone is 1. The Balaban J connectivity index is 2.68. The molecule has 14 heavy (non-hydrogen) atoms. The topological polar surface area (TPSA) is 50.2 Å². The van der Waals surface area contributed by atoms with Gasteiger partial charge in [-0.3, -0.25) is 9.78 Å². The fourth-order valence-electron chi connectivity index (χ4n) is 0.975. The summed E-state index contributed by atoms with van der Waals surface area (Å²) in [4.78, 5) is 14.4. The highest BCUT2D eigenvalue weighted by Gasteiger charge is 2.00. The maximum atomic E-state index is 10.4. The van der Waals surface area contributed by atoms with E-state index >= 15 is 0 Å². The molecule has 0 aliphatic rings. The van der Waals surface area contributed by atoms with Crippen molar-refractivity contribution in [3.63, 3.8) is 0 Å². The molecule has 1 rings (SSSR count). The molecule has 0 aromatic carbocycles. The van der Waals surface area contributed by atoms with Crippen LogP contribution < -0.4 is 0 Å². The van der Waals surface area contributed by atoms with Crippen molar-refractivity contribution in [1.29, 1.82) is 0 Å². The van der Waals surface area contributed by atoms with E-state index in [2.05, 4.69) is 4.98 Å². The van der Waals surface area contributed by atoms with Crippen molar-refractivity contribution >= 4 is 23.6 Å². The van der Waals surface area contributed by atoms with Gasteiger partial charge in [0.15, 0.2) is 0 Å². The fraction of sp³-hybridized carbons (Fsp3) is 0.200. The van der Waals surface area contributed by atoms with Gasteiger partial charge in [0.05, 0.1) is 12.1 Å². The minimum Gasteiger partial charge on any atom is -0.481 e. The van der Waals surface area contributed by atoms with Crippen LogP contribution in [0.4, 0.5) is 0 Å². The molecule has 0 spiro atoms. The maximum absolute atomic E-state index is 10.4. The average molecular weight is 212 g/mol. The van der Waals surface area contributed by atoms with Gasteiger partial charge < -0.3 is 5.11 Å². The molecule has 0 unspecified atom stereocenters. The van der Waals surface area contributed by atoms with Crippen molar-refractivity contribution in [3.05, 3.63) is 35.7 Å². The van der Waals surface area contributed by atoms with Crippen LogP contribution in [0.25, 0.3) is 6.08 Å². The first kappa shape index (κ1) is 10.7.